The van der Waals surface area contributed by atoms with Gasteiger partial charge in [-0.25, -0.2) is 0 Å². The van der Waals surface area contributed by atoms with Gasteiger partial charge in [0.15, 0.2) is 0 Å². The summed E-state index contributed by atoms with van der Waals surface area (Å²) in [6.07, 6.45) is 1.57. The van der Waals surface area contributed by atoms with Crippen LogP contribution in [0.25, 0.3) is 0 Å². The van der Waals surface area contributed by atoms with Crippen molar-refractivity contribution in [3.05, 3.63) is 24.3 Å². The van der Waals surface area contributed by atoms with E-state index in [1.807, 2.05) is 0 Å². The standard InChI is InChI=1S/C15H18N2O4/c1-11(18)16-9-8-15(20)21-13-6-4-12(5-7-13)17-10-2-3-14(17)19/h4-7H,2-3,8-10H2,1H3,(H,16,18). The summed E-state index contributed by atoms with van der Waals surface area (Å²) in [5, 5.41) is 2.53. The fourth-order valence-corrected chi connectivity index (χ4v) is 2.14. The van der Waals surface area contributed by atoms with Gasteiger partial charge in [-0.2, -0.15) is 0 Å². The number of nitrogens with one attached hydrogen (secondary N) is 1. The van der Waals surface area contributed by atoms with Gasteiger partial charge >= 0.3 is 5.97 Å². The van der Waals surface area contributed by atoms with Crippen molar-refractivity contribution in [3.63, 3.8) is 0 Å². The molecule has 2 rings (SSSR count). The third-order valence-corrected chi connectivity index (χ3v) is 3.16. The van der Waals surface area contributed by atoms with Gasteiger partial charge in [-0.3, -0.25) is 14.4 Å². The second-order valence-corrected chi connectivity index (χ2v) is 4.85. The van der Waals surface area contributed by atoms with E-state index < -0.39 is 5.97 Å². The molecule has 0 aliphatic carbocycles. The molecule has 0 atom stereocenters. The highest BCUT2D eigenvalue weighted by Crippen LogP contribution is 2.23. The monoisotopic (exact) mass is 290 g/mol. The van der Waals surface area contributed by atoms with E-state index in [9.17, 15) is 14.4 Å². The van der Waals surface area contributed by atoms with Crippen LogP contribution in [0, 0.1) is 0 Å². The average molecular weight is 290 g/mol. The molecule has 112 valence electrons. The largest absolute Gasteiger partial charge is 0.426 e. The zero-order valence-corrected chi connectivity index (χ0v) is 11.9. The van der Waals surface area contributed by atoms with Gasteiger partial charge in [0, 0.05) is 32.1 Å². The van der Waals surface area contributed by atoms with E-state index in [0.717, 1.165) is 18.7 Å². The quantitative estimate of drug-likeness (QED) is 0.654. The van der Waals surface area contributed by atoms with Gasteiger partial charge in [0.25, 0.3) is 0 Å². The minimum absolute atomic E-state index is 0.117. The number of hydrogen-bond donors (Lipinski definition) is 1. The molecule has 1 N–H and O–H groups in total. The van der Waals surface area contributed by atoms with E-state index in [4.69, 9.17) is 4.74 Å². The van der Waals surface area contributed by atoms with Gasteiger partial charge in [-0.05, 0) is 30.7 Å². The van der Waals surface area contributed by atoms with E-state index in [2.05, 4.69) is 5.32 Å². The van der Waals surface area contributed by atoms with Crippen LogP contribution >= 0.6 is 0 Å². The van der Waals surface area contributed by atoms with Gasteiger partial charge in [-0.15, -0.1) is 0 Å². The van der Waals surface area contributed by atoms with Crippen molar-refractivity contribution in [3.8, 4) is 5.75 Å². The maximum Gasteiger partial charge on any atom is 0.312 e. The van der Waals surface area contributed by atoms with Crippen LogP contribution in [0.5, 0.6) is 5.75 Å². The summed E-state index contributed by atoms with van der Waals surface area (Å²) in [7, 11) is 0. The first kappa shape index (κ1) is 15.0. The van der Waals surface area contributed by atoms with Crippen LogP contribution in [0.3, 0.4) is 0 Å². The first-order valence-corrected chi connectivity index (χ1v) is 6.92. The molecular formula is C15H18N2O4. The number of carbonyl (C=O) groups excluding carboxylic acids is 3. The van der Waals surface area contributed by atoms with Crippen LogP contribution in [-0.4, -0.2) is 30.9 Å². The maximum absolute atomic E-state index is 11.6. The van der Waals surface area contributed by atoms with Crippen molar-refractivity contribution in [1.82, 2.24) is 5.32 Å². The molecule has 2 amide bonds. The normalized spacial score (nSPS) is 14.1. The number of esters is 1. The second kappa shape index (κ2) is 6.88. The third-order valence-electron chi connectivity index (χ3n) is 3.16. The number of ether oxygens (including phenoxy) is 1. The number of hydrogen-bond acceptors (Lipinski definition) is 4. The minimum Gasteiger partial charge on any atom is -0.426 e. The summed E-state index contributed by atoms with van der Waals surface area (Å²) in [6, 6.07) is 6.85. The first-order valence-electron chi connectivity index (χ1n) is 6.92. The first-order chi connectivity index (χ1) is 10.1. The fraction of sp³-hybridized carbons (Fsp3) is 0.400. The zero-order valence-electron chi connectivity index (χ0n) is 11.9. The molecule has 1 fully saturated rings. The average Bonchev–Trinajstić information content (AvgIpc) is 2.85. The molecule has 1 saturated heterocycles. The number of rotatable bonds is 5. The highest BCUT2D eigenvalue weighted by molar-refractivity contribution is 5.95. The van der Waals surface area contributed by atoms with E-state index in [-0.39, 0.29) is 24.8 Å². The molecule has 0 saturated carbocycles. The Morgan fingerprint density at radius 1 is 1.29 bits per heavy atom. The zero-order chi connectivity index (χ0) is 15.2. The summed E-state index contributed by atoms with van der Waals surface area (Å²) in [5.41, 5.74) is 0.815. The van der Waals surface area contributed by atoms with Crippen molar-refractivity contribution in [1.29, 1.82) is 0 Å². The van der Waals surface area contributed by atoms with E-state index >= 15 is 0 Å². The Morgan fingerprint density at radius 2 is 2.00 bits per heavy atom. The highest BCUT2D eigenvalue weighted by atomic mass is 16.5. The predicted molar refractivity (Wildman–Crippen MR) is 77.0 cm³/mol. The number of benzene rings is 1. The van der Waals surface area contributed by atoms with E-state index in [1.165, 1.54) is 6.92 Å². The fourth-order valence-electron chi connectivity index (χ4n) is 2.14. The van der Waals surface area contributed by atoms with Crippen molar-refractivity contribution in [2.24, 2.45) is 0 Å². The van der Waals surface area contributed by atoms with Crippen molar-refractivity contribution < 1.29 is 19.1 Å². The lowest BCUT2D eigenvalue weighted by atomic mass is 10.3. The SMILES string of the molecule is CC(=O)NCCC(=O)Oc1ccc(N2CCCC2=O)cc1. The Kier molecular flexibility index (Phi) is 4.92. The Labute approximate surface area is 123 Å². The van der Waals surface area contributed by atoms with Gasteiger partial charge in [0.1, 0.15) is 5.75 Å². The Morgan fingerprint density at radius 3 is 2.57 bits per heavy atom. The van der Waals surface area contributed by atoms with Crippen molar-refractivity contribution in [2.45, 2.75) is 26.2 Å². The van der Waals surface area contributed by atoms with Crippen LogP contribution in [0.4, 0.5) is 5.69 Å². The molecule has 6 heteroatoms. The molecule has 1 aliphatic heterocycles. The lowest BCUT2D eigenvalue weighted by molar-refractivity contribution is -0.134. The maximum atomic E-state index is 11.6. The van der Waals surface area contributed by atoms with Crippen LogP contribution in [0.15, 0.2) is 24.3 Å². The van der Waals surface area contributed by atoms with Gasteiger partial charge in [0.2, 0.25) is 11.8 Å². The minimum atomic E-state index is -0.409. The molecule has 0 bridgehead atoms. The molecule has 0 unspecified atom stereocenters. The number of carbonyl (C=O) groups is 3. The van der Waals surface area contributed by atoms with Crippen molar-refractivity contribution >= 4 is 23.5 Å². The van der Waals surface area contributed by atoms with Crippen LogP contribution in [0.2, 0.25) is 0 Å². The van der Waals surface area contributed by atoms with E-state index in [1.54, 1.807) is 29.2 Å². The molecular weight excluding hydrogens is 272 g/mol. The van der Waals surface area contributed by atoms with Crippen LogP contribution in [0.1, 0.15) is 26.2 Å². The molecule has 0 spiro atoms. The summed E-state index contributed by atoms with van der Waals surface area (Å²) in [5.74, 6) is -0.0375. The number of nitrogens with zero attached hydrogens (tertiary/aromatic N) is 1. The molecule has 0 radical (unpaired) electrons. The molecule has 1 aromatic carbocycles. The van der Waals surface area contributed by atoms with Gasteiger partial charge in [0.05, 0.1) is 6.42 Å². The van der Waals surface area contributed by atoms with Crippen molar-refractivity contribution in [2.75, 3.05) is 18.0 Å². The lowest BCUT2D eigenvalue weighted by Crippen LogP contribution is -2.24. The second-order valence-electron chi connectivity index (χ2n) is 4.85. The molecule has 1 heterocycles. The van der Waals surface area contributed by atoms with Crippen LogP contribution < -0.4 is 15.0 Å². The topological polar surface area (TPSA) is 75.7 Å². The molecule has 0 aromatic heterocycles. The molecule has 21 heavy (non-hydrogen) atoms. The van der Waals surface area contributed by atoms with Crippen LogP contribution in [-0.2, 0) is 14.4 Å². The summed E-state index contributed by atoms with van der Waals surface area (Å²) in [4.78, 5) is 35.6. The molecule has 1 aromatic rings. The molecule has 1 aliphatic rings. The smallest absolute Gasteiger partial charge is 0.312 e. The highest BCUT2D eigenvalue weighted by Gasteiger charge is 2.21. The lowest BCUT2D eigenvalue weighted by Gasteiger charge is -2.15. The van der Waals surface area contributed by atoms with Gasteiger partial charge in [-0.1, -0.05) is 0 Å². The number of amides is 2. The Bertz CT molecular complexity index is 539. The summed E-state index contributed by atoms with van der Waals surface area (Å²) in [6.45, 7) is 2.38. The summed E-state index contributed by atoms with van der Waals surface area (Å²) < 4.78 is 5.15. The predicted octanol–water partition coefficient (Wildman–Crippen LogP) is 1.24. The molecule has 6 nitrogen and oxygen atoms in total. The number of anilines is 1. The Balaban J connectivity index is 1.86. The van der Waals surface area contributed by atoms with Gasteiger partial charge < -0.3 is 15.0 Å². The third kappa shape index (κ3) is 4.30. The summed E-state index contributed by atoms with van der Waals surface area (Å²) >= 11 is 0. The van der Waals surface area contributed by atoms with E-state index in [0.29, 0.717) is 12.2 Å². The Hall–Kier alpha value is -2.37.